The number of unbranched alkanes of at least 4 members (excludes halogenated alkanes) is 1. The van der Waals surface area contributed by atoms with Gasteiger partial charge in [0.1, 0.15) is 0 Å². The van der Waals surface area contributed by atoms with Gasteiger partial charge in [0.05, 0.1) is 0 Å². The maximum Gasteiger partial charge on any atom is 0.205 e. The first-order chi connectivity index (χ1) is 8.72. The summed E-state index contributed by atoms with van der Waals surface area (Å²) in [6.45, 7) is 3.40. The van der Waals surface area contributed by atoms with Crippen LogP contribution in [-0.4, -0.2) is 11.6 Å². The molecule has 0 aliphatic rings. The van der Waals surface area contributed by atoms with Gasteiger partial charge in [0.25, 0.3) is 0 Å². The summed E-state index contributed by atoms with van der Waals surface area (Å²) in [5, 5.41) is 0. The van der Waals surface area contributed by atoms with Crippen molar-refractivity contribution in [3.05, 3.63) is 48.6 Å². The van der Waals surface area contributed by atoms with Crippen LogP contribution in [0.5, 0.6) is 0 Å². The molecule has 0 fully saturated rings. The lowest BCUT2D eigenvalue weighted by Gasteiger charge is -1.94. The molecule has 0 N–H and O–H groups in total. The fraction of sp³-hybridized carbons (Fsp3) is 0.250. The van der Waals surface area contributed by atoms with Gasteiger partial charge < -0.3 is 0 Å². The topological polar surface area (TPSA) is 34.1 Å². The number of carbonyl (C=O) groups is 2. The number of ketones is 2. The van der Waals surface area contributed by atoms with Gasteiger partial charge in [-0.25, -0.2) is 0 Å². The Balaban J connectivity index is 2.28. The quantitative estimate of drug-likeness (QED) is 0.435. The number of rotatable bonds is 6. The molecule has 0 amide bonds. The van der Waals surface area contributed by atoms with E-state index in [9.17, 15) is 9.59 Å². The normalized spacial score (nSPS) is 9.11. The molecule has 0 radical (unpaired) electrons. The van der Waals surface area contributed by atoms with Gasteiger partial charge in [-0.05, 0) is 37.0 Å². The third kappa shape index (κ3) is 5.81. The van der Waals surface area contributed by atoms with Crippen molar-refractivity contribution in [3.63, 3.8) is 0 Å². The molecule has 0 atom stereocenters. The summed E-state index contributed by atoms with van der Waals surface area (Å²) in [6.07, 6.45) is 3.59. The second-order valence-electron chi connectivity index (χ2n) is 3.92. The van der Waals surface area contributed by atoms with Crippen molar-refractivity contribution >= 4 is 11.6 Å². The summed E-state index contributed by atoms with van der Waals surface area (Å²) in [6, 6.07) is 9.40. The van der Waals surface area contributed by atoms with E-state index in [1.54, 1.807) is 0 Å². The minimum absolute atomic E-state index is 0.0258. The molecule has 18 heavy (non-hydrogen) atoms. The van der Waals surface area contributed by atoms with Crippen molar-refractivity contribution in [2.45, 2.75) is 25.7 Å². The minimum atomic E-state index is -0.0788. The summed E-state index contributed by atoms with van der Waals surface area (Å²) >= 11 is 0. The van der Waals surface area contributed by atoms with Crippen molar-refractivity contribution in [2.24, 2.45) is 0 Å². The van der Waals surface area contributed by atoms with Crippen LogP contribution in [0.1, 0.15) is 31.2 Å². The van der Waals surface area contributed by atoms with Crippen LogP contribution >= 0.6 is 0 Å². The summed E-state index contributed by atoms with van der Waals surface area (Å²) in [7, 11) is 0. The predicted octanol–water partition coefficient (Wildman–Crippen LogP) is 2.92. The summed E-state index contributed by atoms with van der Waals surface area (Å²) in [4.78, 5) is 22.4. The van der Waals surface area contributed by atoms with E-state index >= 15 is 0 Å². The average Bonchev–Trinajstić information content (AvgIpc) is 2.42. The maximum atomic E-state index is 11.5. The zero-order chi connectivity index (χ0) is 13.2. The molecule has 0 saturated carbocycles. The Hall–Kier alpha value is -2.14. The van der Waals surface area contributed by atoms with Gasteiger partial charge in [0.2, 0.25) is 5.78 Å². The Morgan fingerprint density at radius 1 is 1.11 bits per heavy atom. The molecule has 0 aliphatic carbocycles. The molecule has 0 spiro atoms. The molecule has 2 nitrogen and oxygen atoms in total. The van der Waals surface area contributed by atoms with E-state index < -0.39 is 0 Å². The van der Waals surface area contributed by atoms with Gasteiger partial charge in [0, 0.05) is 18.4 Å². The van der Waals surface area contributed by atoms with Gasteiger partial charge in [0.15, 0.2) is 5.78 Å². The van der Waals surface area contributed by atoms with Gasteiger partial charge in [-0.2, -0.15) is 0 Å². The van der Waals surface area contributed by atoms with E-state index in [2.05, 4.69) is 18.4 Å². The molecule has 0 bridgehead atoms. The third-order valence-corrected chi connectivity index (χ3v) is 2.42. The second-order valence-corrected chi connectivity index (χ2v) is 3.92. The Labute approximate surface area is 108 Å². The van der Waals surface area contributed by atoms with Gasteiger partial charge >= 0.3 is 0 Å². The fourth-order valence-electron chi connectivity index (χ4n) is 1.41. The Morgan fingerprint density at radius 2 is 1.78 bits per heavy atom. The minimum Gasteiger partial charge on any atom is -0.295 e. The van der Waals surface area contributed by atoms with Crippen LogP contribution in [0.2, 0.25) is 0 Å². The number of hydrogen-bond acceptors (Lipinski definition) is 2. The summed E-state index contributed by atoms with van der Waals surface area (Å²) in [5.74, 6) is 5.38. The lowest BCUT2D eigenvalue weighted by atomic mass is 10.1. The largest absolute Gasteiger partial charge is 0.295 e. The van der Waals surface area contributed by atoms with Crippen LogP contribution in [0.4, 0.5) is 0 Å². The zero-order valence-corrected chi connectivity index (χ0v) is 10.3. The molecule has 0 aliphatic heterocycles. The standard InChI is InChI=1S/C16H16O2/c1-2-15(17)10-6-7-11-16(18)13-12-14-8-4-3-5-9-14/h2-5,8-9H,1,6-7,10-11H2. The van der Waals surface area contributed by atoms with Gasteiger partial charge in [-0.15, -0.1) is 0 Å². The highest BCUT2D eigenvalue weighted by Gasteiger charge is 1.99. The summed E-state index contributed by atoms with van der Waals surface area (Å²) in [5.41, 5.74) is 0.840. The number of allylic oxidation sites excluding steroid dienone is 1. The smallest absolute Gasteiger partial charge is 0.205 e. The van der Waals surface area contributed by atoms with Crippen LogP contribution in [0.25, 0.3) is 0 Å². The molecule has 0 heterocycles. The zero-order valence-electron chi connectivity index (χ0n) is 10.3. The first kappa shape index (κ1) is 13.9. The van der Waals surface area contributed by atoms with Crippen LogP contribution in [-0.2, 0) is 9.59 Å². The number of Topliss-reactive ketones (excluding diaryl/α,β-unsaturated/α-hetero) is 1. The molecule has 2 heteroatoms. The van der Waals surface area contributed by atoms with Crippen molar-refractivity contribution in [1.29, 1.82) is 0 Å². The van der Waals surface area contributed by atoms with Gasteiger partial charge in [-0.1, -0.05) is 30.7 Å². The van der Waals surface area contributed by atoms with Gasteiger partial charge in [-0.3, -0.25) is 9.59 Å². The Bertz CT molecular complexity index is 475. The highest BCUT2D eigenvalue weighted by Crippen LogP contribution is 2.02. The van der Waals surface area contributed by atoms with Crippen LogP contribution in [0, 0.1) is 11.8 Å². The highest BCUT2D eigenvalue weighted by atomic mass is 16.1. The van der Waals surface area contributed by atoms with Crippen LogP contribution < -0.4 is 0 Å². The van der Waals surface area contributed by atoms with E-state index in [4.69, 9.17) is 0 Å². The van der Waals surface area contributed by atoms with E-state index in [1.807, 2.05) is 30.3 Å². The summed E-state index contributed by atoms with van der Waals surface area (Å²) < 4.78 is 0. The lowest BCUT2D eigenvalue weighted by Crippen LogP contribution is -1.96. The first-order valence-electron chi connectivity index (χ1n) is 5.97. The van der Waals surface area contributed by atoms with Crippen LogP contribution in [0.3, 0.4) is 0 Å². The number of carbonyl (C=O) groups excluding carboxylic acids is 2. The SMILES string of the molecule is C=CC(=O)CCCCC(=O)C#Cc1ccccc1. The average molecular weight is 240 g/mol. The fourth-order valence-corrected chi connectivity index (χ4v) is 1.41. The molecule has 1 aromatic carbocycles. The molecule has 1 aromatic rings. The van der Waals surface area contributed by atoms with Crippen molar-refractivity contribution in [2.75, 3.05) is 0 Å². The molecule has 0 aromatic heterocycles. The lowest BCUT2D eigenvalue weighted by molar-refractivity contribution is -0.116. The second kappa shape index (κ2) is 8.03. The molecule has 0 unspecified atom stereocenters. The molecule has 1 rings (SSSR count). The molecular formula is C16H16O2. The molecule has 0 saturated heterocycles. The first-order valence-corrected chi connectivity index (χ1v) is 5.97. The van der Waals surface area contributed by atoms with Crippen molar-refractivity contribution in [1.82, 2.24) is 0 Å². The molecule has 92 valence electrons. The molecular weight excluding hydrogens is 224 g/mol. The van der Waals surface area contributed by atoms with E-state index in [0.717, 1.165) is 5.56 Å². The van der Waals surface area contributed by atoms with Crippen molar-refractivity contribution < 1.29 is 9.59 Å². The monoisotopic (exact) mass is 240 g/mol. The highest BCUT2D eigenvalue weighted by molar-refractivity contribution is 5.96. The van der Waals surface area contributed by atoms with Crippen LogP contribution in [0.15, 0.2) is 43.0 Å². The number of benzene rings is 1. The predicted molar refractivity (Wildman–Crippen MR) is 72.0 cm³/mol. The van der Waals surface area contributed by atoms with E-state index in [1.165, 1.54) is 6.08 Å². The Kier molecular flexibility index (Phi) is 6.21. The van der Waals surface area contributed by atoms with E-state index in [-0.39, 0.29) is 11.6 Å². The number of hydrogen-bond donors (Lipinski definition) is 0. The Morgan fingerprint density at radius 3 is 2.44 bits per heavy atom. The third-order valence-electron chi connectivity index (χ3n) is 2.42. The maximum absolute atomic E-state index is 11.5. The van der Waals surface area contributed by atoms with E-state index in [0.29, 0.717) is 25.7 Å². The van der Waals surface area contributed by atoms with Crippen molar-refractivity contribution in [3.8, 4) is 11.8 Å².